The second kappa shape index (κ2) is 6.14. The van der Waals surface area contributed by atoms with Gasteiger partial charge in [-0.3, -0.25) is 0 Å². The summed E-state index contributed by atoms with van der Waals surface area (Å²) < 4.78 is 5.26. The standard InChI is InChI=1S/C20H23NOSi/c1-22-18-12-10-16(11-13-18)20-19(14-15-23(2,3)4)21(20)17-8-6-5-7-9-17/h5-13,19-20H,1-4H3/t19-,20+,21?/m1/s1. The van der Waals surface area contributed by atoms with E-state index in [0.717, 1.165) is 5.75 Å². The lowest BCUT2D eigenvalue weighted by Gasteiger charge is -2.06. The van der Waals surface area contributed by atoms with Crippen LogP contribution >= 0.6 is 0 Å². The van der Waals surface area contributed by atoms with E-state index in [4.69, 9.17) is 4.74 Å². The van der Waals surface area contributed by atoms with Gasteiger partial charge in [0.2, 0.25) is 0 Å². The molecule has 3 heteroatoms. The van der Waals surface area contributed by atoms with Crippen LogP contribution in [0, 0.1) is 11.5 Å². The number of nitrogens with zero attached hydrogens (tertiary/aromatic N) is 1. The lowest BCUT2D eigenvalue weighted by Crippen LogP contribution is -2.17. The molecule has 0 aromatic heterocycles. The maximum Gasteiger partial charge on any atom is 0.129 e. The van der Waals surface area contributed by atoms with Gasteiger partial charge in [-0.1, -0.05) is 55.9 Å². The van der Waals surface area contributed by atoms with Gasteiger partial charge in [-0.2, -0.15) is 0 Å². The van der Waals surface area contributed by atoms with Crippen molar-refractivity contribution in [1.82, 2.24) is 0 Å². The Labute approximate surface area is 140 Å². The highest BCUT2D eigenvalue weighted by Gasteiger charge is 2.47. The third kappa shape index (κ3) is 3.60. The molecule has 0 spiro atoms. The maximum absolute atomic E-state index is 5.26. The second-order valence-electron chi connectivity index (χ2n) is 6.92. The number of hydrogen-bond acceptors (Lipinski definition) is 2. The Morgan fingerprint density at radius 3 is 2.17 bits per heavy atom. The van der Waals surface area contributed by atoms with Crippen molar-refractivity contribution in [1.29, 1.82) is 0 Å². The summed E-state index contributed by atoms with van der Waals surface area (Å²) in [6.45, 7) is 6.87. The Morgan fingerprint density at radius 2 is 1.61 bits per heavy atom. The predicted molar refractivity (Wildman–Crippen MR) is 99.6 cm³/mol. The fraction of sp³-hybridized carbons (Fsp3) is 0.300. The zero-order valence-corrected chi connectivity index (χ0v) is 15.2. The molecule has 118 valence electrons. The van der Waals surface area contributed by atoms with Gasteiger partial charge in [0, 0.05) is 5.69 Å². The van der Waals surface area contributed by atoms with Crippen LogP contribution in [0.5, 0.6) is 5.75 Å². The summed E-state index contributed by atoms with van der Waals surface area (Å²) in [5.41, 5.74) is 6.06. The molecule has 2 atom stereocenters. The summed E-state index contributed by atoms with van der Waals surface area (Å²) in [4.78, 5) is 2.40. The highest BCUT2D eigenvalue weighted by molar-refractivity contribution is 6.83. The molecule has 0 saturated carbocycles. The van der Waals surface area contributed by atoms with Crippen molar-refractivity contribution in [2.24, 2.45) is 0 Å². The van der Waals surface area contributed by atoms with Gasteiger partial charge >= 0.3 is 0 Å². The molecular formula is C20H23NOSi. The van der Waals surface area contributed by atoms with Crippen molar-refractivity contribution in [2.45, 2.75) is 31.7 Å². The van der Waals surface area contributed by atoms with Crippen LogP contribution in [0.25, 0.3) is 0 Å². The molecule has 0 unspecified atom stereocenters. The Kier molecular flexibility index (Phi) is 4.19. The Bertz CT molecular complexity index is 722. The number of anilines is 1. The molecule has 1 heterocycles. The summed E-state index contributed by atoms with van der Waals surface area (Å²) >= 11 is 0. The largest absolute Gasteiger partial charge is 0.497 e. The van der Waals surface area contributed by atoms with Gasteiger partial charge in [0.15, 0.2) is 0 Å². The predicted octanol–water partition coefficient (Wildman–Crippen LogP) is 4.51. The first-order valence-electron chi connectivity index (χ1n) is 8.00. The fourth-order valence-corrected chi connectivity index (χ4v) is 3.32. The zero-order chi connectivity index (χ0) is 16.4. The molecular weight excluding hydrogens is 298 g/mol. The van der Waals surface area contributed by atoms with Crippen molar-refractivity contribution >= 4 is 13.8 Å². The molecule has 2 nitrogen and oxygen atoms in total. The van der Waals surface area contributed by atoms with E-state index in [9.17, 15) is 0 Å². The summed E-state index contributed by atoms with van der Waals surface area (Å²) in [6.07, 6.45) is 0. The van der Waals surface area contributed by atoms with Gasteiger partial charge in [-0.05, 0) is 29.8 Å². The first-order valence-corrected chi connectivity index (χ1v) is 11.5. The van der Waals surface area contributed by atoms with Crippen LogP contribution in [-0.2, 0) is 0 Å². The fourth-order valence-electron chi connectivity index (χ4n) is 2.74. The van der Waals surface area contributed by atoms with Gasteiger partial charge in [-0.15, -0.1) is 5.54 Å². The van der Waals surface area contributed by atoms with E-state index >= 15 is 0 Å². The van der Waals surface area contributed by atoms with Crippen LogP contribution in [0.15, 0.2) is 54.6 Å². The molecule has 0 amide bonds. The van der Waals surface area contributed by atoms with E-state index in [1.807, 2.05) is 12.1 Å². The summed E-state index contributed by atoms with van der Waals surface area (Å²) in [6, 6.07) is 19.5. The SMILES string of the molecule is COc1ccc([C@H]2[C@@H](C#C[Si](C)(C)C)N2c2ccccc2)cc1. The molecule has 3 rings (SSSR count). The van der Waals surface area contributed by atoms with Crippen LogP contribution in [0.3, 0.4) is 0 Å². The van der Waals surface area contributed by atoms with Crippen molar-refractivity contribution < 1.29 is 4.74 Å². The third-order valence-electron chi connectivity index (χ3n) is 3.92. The molecule has 0 N–H and O–H groups in total. The summed E-state index contributed by atoms with van der Waals surface area (Å²) in [5, 5.41) is 0. The van der Waals surface area contributed by atoms with Crippen LogP contribution in [0.1, 0.15) is 11.6 Å². The lowest BCUT2D eigenvalue weighted by molar-refractivity contribution is 0.414. The quantitative estimate of drug-likeness (QED) is 0.468. The first kappa shape index (κ1) is 15.7. The molecule has 0 bridgehead atoms. The smallest absolute Gasteiger partial charge is 0.129 e. The topological polar surface area (TPSA) is 12.2 Å². The van der Waals surface area contributed by atoms with Crippen LogP contribution in [0.2, 0.25) is 19.6 Å². The molecule has 0 radical (unpaired) electrons. The minimum Gasteiger partial charge on any atom is -0.497 e. The second-order valence-corrected chi connectivity index (χ2v) is 11.7. The maximum atomic E-state index is 5.26. The Morgan fingerprint density at radius 1 is 0.957 bits per heavy atom. The molecule has 23 heavy (non-hydrogen) atoms. The van der Waals surface area contributed by atoms with Crippen molar-refractivity contribution in [3.05, 3.63) is 60.2 Å². The third-order valence-corrected chi connectivity index (χ3v) is 4.81. The zero-order valence-electron chi connectivity index (χ0n) is 14.2. The molecule has 1 aliphatic rings. The van der Waals surface area contributed by atoms with Crippen LogP contribution in [0.4, 0.5) is 5.69 Å². The van der Waals surface area contributed by atoms with E-state index in [0.29, 0.717) is 6.04 Å². The summed E-state index contributed by atoms with van der Waals surface area (Å²) in [7, 11) is 0.335. The van der Waals surface area contributed by atoms with Gasteiger partial charge in [0.05, 0.1) is 13.2 Å². The van der Waals surface area contributed by atoms with E-state index in [2.05, 4.69) is 78.5 Å². The first-order chi connectivity index (χ1) is 11.0. The number of ether oxygens (including phenoxy) is 1. The normalized spacial score (nSPS) is 19.7. The van der Waals surface area contributed by atoms with Crippen LogP contribution in [-0.4, -0.2) is 21.2 Å². The number of benzene rings is 2. The van der Waals surface area contributed by atoms with E-state index in [1.165, 1.54) is 11.3 Å². The molecule has 1 aliphatic heterocycles. The van der Waals surface area contributed by atoms with Crippen LogP contribution < -0.4 is 9.64 Å². The van der Waals surface area contributed by atoms with Gasteiger partial charge < -0.3 is 9.64 Å². The van der Waals surface area contributed by atoms with Gasteiger partial charge in [0.25, 0.3) is 0 Å². The Hall–Kier alpha value is -2.18. The molecule has 2 aromatic rings. The summed E-state index contributed by atoms with van der Waals surface area (Å²) in [5.74, 6) is 4.42. The minimum absolute atomic E-state index is 0.275. The minimum atomic E-state index is -1.36. The van der Waals surface area contributed by atoms with E-state index in [1.54, 1.807) is 7.11 Å². The van der Waals surface area contributed by atoms with Gasteiger partial charge in [-0.25, -0.2) is 0 Å². The lowest BCUT2D eigenvalue weighted by atomic mass is 10.1. The number of methoxy groups -OCH3 is 1. The van der Waals surface area contributed by atoms with E-state index in [-0.39, 0.29) is 6.04 Å². The number of para-hydroxylation sites is 1. The molecule has 0 aliphatic carbocycles. The average molecular weight is 321 g/mol. The van der Waals surface area contributed by atoms with Crippen molar-refractivity contribution in [3.63, 3.8) is 0 Å². The highest BCUT2D eigenvalue weighted by Crippen LogP contribution is 2.46. The van der Waals surface area contributed by atoms with Gasteiger partial charge in [0.1, 0.15) is 19.9 Å². The average Bonchev–Trinajstić information content (AvgIpc) is 3.27. The number of hydrogen-bond donors (Lipinski definition) is 0. The number of rotatable bonds is 3. The molecule has 1 saturated heterocycles. The monoisotopic (exact) mass is 321 g/mol. The highest BCUT2D eigenvalue weighted by atomic mass is 28.3. The Balaban J connectivity index is 1.90. The molecule has 1 fully saturated rings. The van der Waals surface area contributed by atoms with Crippen molar-refractivity contribution in [3.8, 4) is 17.2 Å². The van der Waals surface area contributed by atoms with Crippen molar-refractivity contribution in [2.75, 3.05) is 12.0 Å². The molecule has 2 aromatic carbocycles. The van der Waals surface area contributed by atoms with E-state index < -0.39 is 8.07 Å².